The van der Waals surface area contributed by atoms with Crippen LogP contribution in [0.15, 0.2) is 23.6 Å². The molecule has 1 N–H and O–H groups in total. The molecule has 0 aliphatic carbocycles. The van der Waals surface area contributed by atoms with Crippen LogP contribution >= 0.6 is 11.3 Å². The minimum Gasteiger partial charge on any atom is -0.365 e. The first-order chi connectivity index (χ1) is 7.20. The fourth-order valence-electron chi connectivity index (χ4n) is 1.52. The lowest BCUT2D eigenvalue weighted by Gasteiger charge is -2.03. The van der Waals surface area contributed by atoms with E-state index in [9.17, 15) is 0 Å². The Balaban J connectivity index is 2.48. The molecule has 0 radical (unpaired) electrons. The smallest absolute Gasteiger partial charge is 0.182 e. The maximum atomic E-state index is 4.51. The predicted molar refractivity (Wildman–Crippen MR) is 66.6 cm³/mol. The normalized spacial score (nSPS) is 10.3. The maximum absolute atomic E-state index is 4.51. The second-order valence-electron chi connectivity index (χ2n) is 3.61. The fourth-order valence-corrected chi connectivity index (χ4v) is 2.20. The lowest BCUT2D eigenvalue weighted by atomic mass is 10.0. The van der Waals surface area contributed by atoms with Gasteiger partial charge in [-0.1, -0.05) is 17.7 Å². The van der Waals surface area contributed by atoms with Crippen molar-refractivity contribution in [2.24, 2.45) is 0 Å². The lowest BCUT2D eigenvalue weighted by Crippen LogP contribution is -1.88. The lowest BCUT2D eigenvalue weighted by molar-refractivity contribution is 1.32. The van der Waals surface area contributed by atoms with E-state index >= 15 is 0 Å². The molecule has 2 rings (SSSR count). The van der Waals surface area contributed by atoms with Crippen molar-refractivity contribution in [3.8, 4) is 11.3 Å². The molecule has 0 saturated carbocycles. The minimum atomic E-state index is 0.964. The van der Waals surface area contributed by atoms with Crippen molar-refractivity contribution >= 4 is 16.5 Å². The molecule has 0 atom stereocenters. The summed E-state index contributed by atoms with van der Waals surface area (Å²) >= 11 is 1.64. The summed E-state index contributed by atoms with van der Waals surface area (Å²) in [7, 11) is 1.89. The number of aryl methyl sites for hydroxylation is 2. The van der Waals surface area contributed by atoms with E-state index in [1.54, 1.807) is 11.3 Å². The van der Waals surface area contributed by atoms with Gasteiger partial charge in [-0.05, 0) is 25.5 Å². The molecular formula is C12H14N2S. The van der Waals surface area contributed by atoms with Crippen LogP contribution in [0, 0.1) is 13.8 Å². The van der Waals surface area contributed by atoms with Crippen molar-refractivity contribution in [3.63, 3.8) is 0 Å². The molecule has 1 aromatic carbocycles. The van der Waals surface area contributed by atoms with Crippen molar-refractivity contribution in [1.82, 2.24) is 4.98 Å². The molecule has 0 bridgehead atoms. The third kappa shape index (κ3) is 2.02. The van der Waals surface area contributed by atoms with Crippen LogP contribution in [-0.2, 0) is 0 Å². The Morgan fingerprint density at radius 2 is 2.07 bits per heavy atom. The predicted octanol–water partition coefficient (Wildman–Crippen LogP) is 3.47. The molecule has 0 aliphatic heterocycles. The van der Waals surface area contributed by atoms with Gasteiger partial charge in [-0.25, -0.2) is 4.98 Å². The van der Waals surface area contributed by atoms with E-state index in [4.69, 9.17) is 0 Å². The Hall–Kier alpha value is -1.35. The number of anilines is 1. The zero-order chi connectivity index (χ0) is 10.8. The SMILES string of the molecule is CNc1nc(-c2cc(C)ccc2C)cs1. The summed E-state index contributed by atoms with van der Waals surface area (Å²) in [5, 5.41) is 6.11. The largest absolute Gasteiger partial charge is 0.365 e. The molecule has 0 spiro atoms. The first kappa shape index (κ1) is 10.2. The van der Waals surface area contributed by atoms with Gasteiger partial charge in [-0.3, -0.25) is 0 Å². The van der Waals surface area contributed by atoms with Gasteiger partial charge in [0, 0.05) is 18.0 Å². The number of aromatic nitrogens is 1. The Morgan fingerprint density at radius 3 is 2.73 bits per heavy atom. The van der Waals surface area contributed by atoms with E-state index in [1.807, 2.05) is 7.05 Å². The second-order valence-corrected chi connectivity index (χ2v) is 4.46. The summed E-state index contributed by atoms with van der Waals surface area (Å²) in [4.78, 5) is 4.51. The van der Waals surface area contributed by atoms with Crippen molar-refractivity contribution in [2.45, 2.75) is 13.8 Å². The molecule has 2 nitrogen and oxygen atoms in total. The van der Waals surface area contributed by atoms with Crippen molar-refractivity contribution in [2.75, 3.05) is 12.4 Å². The standard InChI is InChI=1S/C12H14N2S/c1-8-4-5-9(2)10(6-8)11-7-15-12(13-3)14-11/h4-7H,1-3H3,(H,13,14). The van der Waals surface area contributed by atoms with E-state index in [1.165, 1.54) is 16.7 Å². The average molecular weight is 218 g/mol. The van der Waals surface area contributed by atoms with Crippen molar-refractivity contribution in [1.29, 1.82) is 0 Å². The summed E-state index contributed by atoms with van der Waals surface area (Å²) in [6.45, 7) is 4.22. The van der Waals surface area contributed by atoms with Gasteiger partial charge in [0.2, 0.25) is 0 Å². The number of thiazole rings is 1. The average Bonchev–Trinajstić information content (AvgIpc) is 2.70. The Morgan fingerprint density at radius 1 is 1.27 bits per heavy atom. The highest BCUT2D eigenvalue weighted by molar-refractivity contribution is 7.14. The van der Waals surface area contributed by atoms with Crippen LogP contribution in [0.25, 0.3) is 11.3 Å². The van der Waals surface area contributed by atoms with Gasteiger partial charge in [0.15, 0.2) is 5.13 Å². The number of hydrogen-bond donors (Lipinski definition) is 1. The van der Waals surface area contributed by atoms with E-state index < -0.39 is 0 Å². The summed E-state index contributed by atoms with van der Waals surface area (Å²) in [5.74, 6) is 0. The highest BCUT2D eigenvalue weighted by Gasteiger charge is 2.06. The molecule has 0 amide bonds. The van der Waals surface area contributed by atoms with Gasteiger partial charge < -0.3 is 5.32 Å². The number of rotatable bonds is 2. The fraction of sp³-hybridized carbons (Fsp3) is 0.250. The summed E-state index contributed by atoms with van der Waals surface area (Å²) < 4.78 is 0. The van der Waals surface area contributed by atoms with Crippen LogP contribution in [0.4, 0.5) is 5.13 Å². The molecule has 3 heteroatoms. The van der Waals surface area contributed by atoms with Gasteiger partial charge >= 0.3 is 0 Å². The molecule has 0 aliphatic rings. The monoisotopic (exact) mass is 218 g/mol. The van der Waals surface area contributed by atoms with E-state index in [2.05, 4.69) is 47.7 Å². The minimum absolute atomic E-state index is 0.964. The van der Waals surface area contributed by atoms with Crippen LogP contribution in [0.3, 0.4) is 0 Å². The van der Waals surface area contributed by atoms with Crippen molar-refractivity contribution < 1.29 is 0 Å². The zero-order valence-electron chi connectivity index (χ0n) is 9.16. The first-order valence-corrected chi connectivity index (χ1v) is 5.79. The summed E-state index contributed by atoms with van der Waals surface area (Å²) in [5.41, 5.74) is 4.83. The third-order valence-electron chi connectivity index (χ3n) is 2.39. The van der Waals surface area contributed by atoms with Gasteiger partial charge in [0.25, 0.3) is 0 Å². The topological polar surface area (TPSA) is 24.9 Å². The highest BCUT2D eigenvalue weighted by Crippen LogP contribution is 2.27. The quantitative estimate of drug-likeness (QED) is 0.835. The van der Waals surface area contributed by atoms with E-state index in [-0.39, 0.29) is 0 Å². The summed E-state index contributed by atoms with van der Waals surface area (Å²) in [6.07, 6.45) is 0. The molecular weight excluding hydrogens is 204 g/mol. The van der Waals surface area contributed by atoms with Crippen LogP contribution in [0.5, 0.6) is 0 Å². The van der Waals surface area contributed by atoms with Crippen LogP contribution < -0.4 is 5.32 Å². The number of nitrogens with one attached hydrogen (secondary N) is 1. The molecule has 15 heavy (non-hydrogen) atoms. The van der Waals surface area contributed by atoms with Crippen molar-refractivity contribution in [3.05, 3.63) is 34.7 Å². The summed E-state index contributed by atoms with van der Waals surface area (Å²) in [6, 6.07) is 6.46. The highest BCUT2D eigenvalue weighted by atomic mass is 32.1. The molecule has 0 unspecified atom stereocenters. The van der Waals surface area contributed by atoms with E-state index in [0.29, 0.717) is 0 Å². The van der Waals surface area contributed by atoms with Crippen LogP contribution in [-0.4, -0.2) is 12.0 Å². The Kier molecular flexibility index (Phi) is 2.73. The molecule has 78 valence electrons. The van der Waals surface area contributed by atoms with Gasteiger partial charge in [-0.2, -0.15) is 0 Å². The van der Waals surface area contributed by atoms with Gasteiger partial charge in [-0.15, -0.1) is 11.3 Å². The maximum Gasteiger partial charge on any atom is 0.182 e. The van der Waals surface area contributed by atoms with Gasteiger partial charge in [0.05, 0.1) is 5.69 Å². The van der Waals surface area contributed by atoms with E-state index in [0.717, 1.165) is 10.8 Å². The zero-order valence-corrected chi connectivity index (χ0v) is 9.98. The third-order valence-corrected chi connectivity index (χ3v) is 3.25. The van der Waals surface area contributed by atoms with Gasteiger partial charge in [0.1, 0.15) is 0 Å². The van der Waals surface area contributed by atoms with Crippen LogP contribution in [0.2, 0.25) is 0 Å². The first-order valence-electron chi connectivity index (χ1n) is 4.91. The Bertz CT molecular complexity index is 474. The van der Waals surface area contributed by atoms with Crippen LogP contribution in [0.1, 0.15) is 11.1 Å². The molecule has 0 saturated heterocycles. The number of nitrogens with zero attached hydrogens (tertiary/aromatic N) is 1. The molecule has 1 aromatic heterocycles. The Labute approximate surface area is 94.0 Å². The molecule has 1 heterocycles. The number of hydrogen-bond acceptors (Lipinski definition) is 3. The number of benzene rings is 1. The molecule has 0 fully saturated rings. The molecule has 2 aromatic rings. The second kappa shape index (κ2) is 4.03.